The lowest BCUT2D eigenvalue weighted by Gasteiger charge is -2.06. The summed E-state index contributed by atoms with van der Waals surface area (Å²) in [6, 6.07) is 2.66. The molecule has 10 heteroatoms. The maximum Gasteiger partial charge on any atom is 0.254 e. The second-order valence-electron chi connectivity index (χ2n) is 4.65. The van der Waals surface area contributed by atoms with Crippen LogP contribution in [0.5, 0.6) is 0 Å². The zero-order valence-corrected chi connectivity index (χ0v) is 14.6. The molecule has 2 rings (SSSR count). The molecule has 2 aromatic rings. The van der Waals surface area contributed by atoms with Gasteiger partial charge in [0.25, 0.3) is 5.91 Å². The van der Waals surface area contributed by atoms with Gasteiger partial charge in [-0.25, -0.2) is 8.78 Å². The second-order valence-corrected chi connectivity index (χ2v) is 6.90. The molecule has 0 radical (unpaired) electrons. The molecule has 2 amide bonds. The fourth-order valence-electron chi connectivity index (χ4n) is 1.69. The molecule has 0 bridgehead atoms. The zero-order valence-electron chi connectivity index (χ0n) is 12.9. The lowest BCUT2D eigenvalue weighted by molar-refractivity contribution is -0.116. The van der Waals surface area contributed by atoms with E-state index in [9.17, 15) is 18.4 Å². The third-order valence-electron chi connectivity index (χ3n) is 2.79. The zero-order chi connectivity index (χ0) is 18.2. The van der Waals surface area contributed by atoms with Gasteiger partial charge in [-0.05, 0) is 12.1 Å². The number of hydrogen-bond donors (Lipinski definition) is 2. The molecule has 0 aliphatic carbocycles. The SMILES string of the molecule is C=CCSc1nnc(NC(=O)CCNC(=O)c2ccc(F)cc2F)s1. The molecule has 1 aromatic heterocycles. The molecule has 0 saturated carbocycles. The van der Waals surface area contributed by atoms with Gasteiger partial charge in [-0.2, -0.15) is 0 Å². The van der Waals surface area contributed by atoms with Gasteiger partial charge in [0.15, 0.2) is 4.34 Å². The Labute approximate surface area is 150 Å². The number of hydrogen-bond acceptors (Lipinski definition) is 6. The highest BCUT2D eigenvalue weighted by molar-refractivity contribution is 8.01. The van der Waals surface area contributed by atoms with Gasteiger partial charge in [0.05, 0.1) is 5.56 Å². The molecule has 0 unspecified atom stereocenters. The van der Waals surface area contributed by atoms with E-state index < -0.39 is 17.5 Å². The first-order valence-electron chi connectivity index (χ1n) is 7.10. The summed E-state index contributed by atoms with van der Waals surface area (Å²) in [4.78, 5) is 23.6. The van der Waals surface area contributed by atoms with Crippen LogP contribution in [0.15, 0.2) is 35.2 Å². The number of thioether (sulfide) groups is 1. The Bertz CT molecular complexity index is 783. The molecule has 132 valence electrons. The van der Waals surface area contributed by atoms with Gasteiger partial charge in [-0.1, -0.05) is 29.2 Å². The topological polar surface area (TPSA) is 84.0 Å². The fourth-order valence-corrected chi connectivity index (χ4v) is 3.22. The number of aromatic nitrogens is 2. The molecule has 0 spiro atoms. The van der Waals surface area contributed by atoms with Crippen molar-refractivity contribution in [2.75, 3.05) is 17.6 Å². The van der Waals surface area contributed by atoms with Gasteiger partial charge >= 0.3 is 0 Å². The Kier molecular flexibility index (Phi) is 7.02. The van der Waals surface area contributed by atoms with Crippen LogP contribution in [0.1, 0.15) is 16.8 Å². The van der Waals surface area contributed by atoms with E-state index in [1.807, 2.05) is 0 Å². The number of rotatable bonds is 8. The Morgan fingerprint density at radius 1 is 1.32 bits per heavy atom. The van der Waals surface area contributed by atoms with E-state index in [4.69, 9.17) is 0 Å². The average molecular weight is 384 g/mol. The molecule has 25 heavy (non-hydrogen) atoms. The molecule has 0 fully saturated rings. The fraction of sp³-hybridized carbons (Fsp3) is 0.200. The van der Waals surface area contributed by atoms with E-state index in [0.29, 0.717) is 21.3 Å². The highest BCUT2D eigenvalue weighted by atomic mass is 32.2. The van der Waals surface area contributed by atoms with Crippen LogP contribution in [0.25, 0.3) is 0 Å². The van der Waals surface area contributed by atoms with Gasteiger partial charge < -0.3 is 10.6 Å². The summed E-state index contributed by atoms with van der Waals surface area (Å²) in [7, 11) is 0. The molecule has 1 aromatic carbocycles. The normalized spacial score (nSPS) is 10.3. The lowest BCUT2D eigenvalue weighted by atomic mass is 10.2. The number of amides is 2. The van der Waals surface area contributed by atoms with Gasteiger partial charge in [0.1, 0.15) is 11.6 Å². The molecule has 0 aliphatic heterocycles. The number of nitrogens with zero attached hydrogens (tertiary/aromatic N) is 2. The monoisotopic (exact) mass is 384 g/mol. The summed E-state index contributed by atoms with van der Waals surface area (Å²) in [6.45, 7) is 3.60. The first-order valence-corrected chi connectivity index (χ1v) is 8.90. The highest BCUT2D eigenvalue weighted by Crippen LogP contribution is 2.25. The van der Waals surface area contributed by atoms with E-state index in [2.05, 4.69) is 27.4 Å². The van der Waals surface area contributed by atoms with Crippen molar-refractivity contribution in [1.82, 2.24) is 15.5 Å². The second kappa shape index (κ2) is 9.23. The van der Waals surface area contributed by atoms with Crippen LogP contribution in [-0.2, 0) is 4.79 Å². The minimum Gasteiger partial charge on any atom is -0.351 e. The average Bonchev–Trinajstić information content (AvgIpc) is 3.00. The van der Waals surface area contributed by atoms with Crippen molar-refractivity contribution in [3.05, 3.63) is 48.1 Å². The maximum atomic E-state index is 13.5. The van der Waals surface area contributed by atoms with E-state index in [1.165, 1.54) is 23.1 Å². The largest absolute Gasteiger partial charge is 0.351 e. The van der Waals surface area contributed by atoms with Crippen molar-refractivity contribution in [3.8, 4) is 0 Å². The van der Waals surface area contributed by atoms with Gasteiger partial charge in [-0.15, -0.1) is 16.8 Å². The molecule has 0 atom stereocenters. The van der Waals surface area contributed by atoms with Gasteiger partial charge in [0, 0.05) is 24.8 Å². The predicted octanol–water partition coefficient (Wildman–Crippen LogP) is 2.85. The van der Waals surface area contributed by atoms with E-state index in [1.54, 1.807) is 6.08 Å². The van der Waals surface area contributed by atoms with Crippen LogP contribution in [-0.4, -0.2) is 34.3 Å². The van der Waals surface area contributed by atoms with Crippen molar-refractivity contribution in [3.63, 3.8) is 0 Å². The quantitative estimate of drug-likeness (QED) is 0.415. The highest BCUT2D eigenvalue weighted by Gasteiger charge is 2.13. The molecular weight excluding hydrogens is 370 g/mol. The number of carbonyl (C=O) groups is 2. The summed E-state index contributed by atoms with van der Waals surface area (Å²) >= 11 is 2.68. The van der Waals surface area contributed by atoms with E-state index in [0.717, 1.165) is 12.1 Å². The summed E-state index contributed by atoms with van der Waals surface area (Å²) in [5, 5.41) is 13.0. The third kappa shape index (κ3) is 5.91. The molecule has 2 N–H and O–H groups in total. The molecule has 6 nitrogen and oxygen atoms in total. The summed E-state index contributed by atoms with van der Waals surface area (Å²) in [5.41, 5.74) is -0.283. The number of nitrogens with one attached hydrogen (secondary N) is 2. The lowest BCUT2D eigenvalue weighted by Crippen LogP contribution is -2.28. The summed E-state index contributed by atoms with van der Waals surface area (Å²) < 4.78 is 27.0. The van der Waals surface area contributed by atoms with E-state index in [-0.39, 0.29) is 24.4 Å². The molecule has 0 saturated heterocycles. The van der Waals surface area contributed by atoms with E-state index >= 15 is 0 Å². The number of anilines is 1. The number of halogens is 2. The first kappa shape index (κ1) is 19.0. The Morgan fingerprint density at radius 2 is 2.12 bits per heavy atom. The van der Waals surface area contributed by atoms with Gasteiger partial charge in [0.2, 0.25) is 11.0 Å². The van der Waals surface area contributed by atoms with Crippen LogP contribution < -0.4 is 10.6 Å². The minimum absolute atomic E-state index is 0.00163. The standard InChI is InChI=1S/C15H14F2N4O2S2/c1-2-7-24-15-21-20-14(25-15)19-12(22)5-6-18-13(23)10-4-3-9(16)8-11(10)17/h2-4,8H,1,5-7H2,(H,18,23)(H,19,20,22). The summed E-state index contributed by atoms with van der Waals surface area (Å²) in [6.07, 6.45) is 1.71. The first-order chi connectivity index (χ1) is 12.0. The summed E-state index contributed by atoms with van der Waals surface area (Å²) in [5.74, 6) is -2.12. The van der Waals surface area contributed by atoms with Crippen molar-refractivity contribution < 1.29 is 18.4 Å². The molecule has 1 heterocycles. The van der Waals surface area contributed by atoms with Crippen LogP contribution >= 0.6 is 23.1 Å². The number of benzene rings is 1. The molecule has 0 aliphatic rings. The smallest absolute Gasteiger partial charge is 0.254 e. The predicted molar refractivity (Wildman–Crippen MR) is 92.8 cm³/mol. The Balaban J connectivity index is 1.77. The van der Waals surface area contributed by atoms with Crippen LogP contribution in [0.3, 0.4) is 0 Å². The third-order valence-corrected chi connectivity index (χ3v) is 4.76. The molecular formula is C15H14F2N4O2S2. The van der Waals surface area contributed by atoms with Crippen LogP contribution in [0.4, 0.5) is 13.9 Å². The van der Waals surface area contributed by atoms with Crippen LogP contribution in [0.2, 0.25) is 0 Å². The van der Waals surface area contributed by atoms with Crippen molar-refractivity contribution in [2.24, 2.45) is 0 Å². The van der Waals surface area contributed by atoms with Crippen molar-refractivity contribution >= 4 is 40.0 Å². The van der Waals surface area contributed by atoms with Crippen LogP contribution in [0, 0.1) is 11.6 Å². The van der Waals surface area contributed by atoms with Crippen molar-refractivity contribution in [1.29, 1.82) is 0 Å². The Morgan fingerprint density at radius 3 is 2.84 bits per heavy atom. The number of carbonyl (C=O) groups excluding carboxylic acids is 2. The Hall–Kier alpha value is -2.33. The van der Waals surface area contributed by atoms with Crippen molar-refractivity contribution in [2.45, 2.75) is 10.8 Å². The minimum atomic E-state index is -0.958. The maximum absolute atomic E-state index is 13.5. The van der Waals surface area contributed by atoms with Gasteiger partial charge in [-0.3, -0.25) is 9.59 Å².